The molecule has 9 nitrogen and oxygen atoms in total. The number of benzene rings is 2. The van der Waals surface area contributed by atoms with Gasteiger partial charge in [0.1, 0.15) is 22.7 Å². The highest BCUT2D eigenvalue weighted by Crippen LogP contribution is 2.31. The van der Waals surface area contributed by atoms with Crippen LogP contribution >= 0.6 is 0 Å². The van der Waals surface area contributed by atoms with Crippen LogP contribution in [0.2, 0.25) is 0 Å². The first-order chi connectivity index (χ1) is 17.5. The number of ether oxygens (including phenoxy) is 3. The van der Waals surface area contributed by atoms with Crippen LogP contribution in [0.15, 0.2) is 47.4 Å². The van der Waals surface area contributed by atoms with E-state index in [2.05, 4.69) is 14.8 Å². The van der Waals surface area contributed by atoms with E-state index in [-0.39, 0.29) is 34.5 Å². The molecule has 37 heavy (non-hydrogen) atoms. The molecule has 13 heteroatoms. The highest BCUT2D eigenvalue weighted by molar-refractivity contribution is 7.92. The van der Waals surface area contributed by atoms with Gasteiger partial charge in [0, 0.05) is 31.0 Å². The Morgan fingerprint density at radius 1 is 1.16 bits per heavy atom. The molecule has 3 rings (SSSR count). The summed E-state index contributed by atoms with van der Waals surface area (Å²) in [6.45, 7) is 2.89. The molecule has 1 amide bonds. The quantitative estimate of drug-likeness (QED) is 0.319. The van der Waals surface area contributed by atoms with Crippen molar-refractivity contribution in [1.82, 2.24) is 0 Å². The number of aldehydes is 1. The van der Waals surface area contributed by atoms with E-state index in [4.69, 9.17) is 9.47 Å². The topological polar surface area (TPSA) is 120 Å². The lowest BCUT2D eigenvalue weighted by molar-refractivity contribution is -0.274. The van der Waals surface area contributed by atoms with Gasteiger partial charge in [-0.05, 0) is 56.4 Å². The Morgan fingerprint density at radius 2 is 1.89 bits per heavy atom. The Hall–Kier alpha value is -3.32. The van der Waals surface area contributed by atoms with Gasteiger partial charge >= 0.3 is 6.36 Å². The van der Waals surface area contributed by atoms with Crippen LogP contribution in [0, 0.1) is 11.8 Å². The molecule has 0 radical (unpaired) electrons. The second-order valence-electron chi connectivity index (χ2n) is 8.30. The van der Waals surface area contributed by atoms with Crippen LogP contribution in [0.1, 0.15) is 26.2 Å². The number of carbonyl (C=O) groups excluding carboxylic acids is 2. The zero-order chi connectivity index (χ0) is 27.1. The van der Waals surface area contributed by atoms with Crippen LogP contribution in [-0.2, 0) is 24.3 Å². The van der Waals surface area contributed by atoms with E-state index in [0.29, 0.717) is 25.9 Å². The molecule has 0 saturated carbocycles. The lowest BCUT2D eigenvalue weighted by atomic mass is 9.89. The smallest absolute Gasteiger partial charge is 0.492 e. The molecule has 202 valence electrons. The summed E-state index contributed by atoms with van der Waals surface area (Å²) in [5, 5.41) is 2.62. The number of rotatable bonds is 11. The highest BCUT2D eigenvalue weighted by Gasteiger charge is 2.31. The summed E-state index contributed by atoms with van der Waals surface area (Å²) in [5.41, 5.74) is 0.0512. The van der Waals surface area contributed by atoms with Crippen molar-refractivity contribution < 1.29 is 45.4 Å². The molecule has 2 aromatic rings. The van der Waals surface area contributed by atoms with Crippen molar-refractivity contribution in [3.63, 3.8) is 0 Å². The van der Waals surface area contributed by atoms with Gasteiger partial charge in [-0.3, -0.25) is 9.52 Å². The maximum atomic E-state index is 13.0. The molecule has 1 atom stereocenters. The fourth-order valence-corrected chi connectivity index (χ4v) is 5.02. The van der Waals surface area contributed by atoms with Gasteiger partial charge in [0.05, 0.1) is 18.2 Å². The van der Waals surface area contributed by atoms with Gasteiger partial charge in [0.25, 0.3) is 10.0 Å². The molecule has 1 heterocycles. The summed E-state index contributed by atoms with van der Waals surface area (Å²) >= 11 is 0. The van der Waals surface area contributed by atoms with E-state index in [1.807, 2.05) is 0 Å². The second kappa shape index (κ2) is 12.3. The van der Waals surface area contributed by atoms with Gasteiger partial charge in [-0.2, -0.15) is 0 Å². The molecule has 0 aromatic heterocycles. The van der Waals surface area contributed by atoms with Crippen LogP contribution in [0.5, 0.6) is 11.5 Å². The molecule has 1 aliphatic rings. The maximum absolute atomic E-state index is 13.0. The summed E-state index contributed by atoms with van der Waals surface area (Å²) in [6, 6.07) is 8.19. The number of amides is 1. The van der Waals surface area contributed by atoms with Crippen molar-refractivity contribution in [3.05, 3.63) is 42.5 Å². The molecule has 2 N–H and O–H groups in total. The van der Waals surface area contributed by atoms with Crippen molar-refractivity contribution >= 4 is 33.6 Å². The van der Waals surface area contributed by atoms with E-state index in [0.717, 1.165) is 25.0 Å². The molecule has 0 aliphatic carbocycles. The summed E-state index contributed by atoms with van der Waals surface area (Å²) in [4.78, 5) is 24.0. The normalized spacial score (nSPS) is 15.5. The summed E-state index contributed by atoms with van der Waals surface area (Å²) in [7, 11) is -4.30. The zero-order valence-electron chi connectivity index (χ0n) is 19.9. The van der Waals surface area contributed by atoms with Gasteiger partial charge in [-0.1, -0.05) is 6.07 Å². The van der Waals surface area contributed by atoms with Crippen molar-refractivity contribution in [2.75, 3.05) is 29.9 Å². The van der Waals surface area contributed by atoms with Crippen LogP contribution < -0.4 is 19.5 Å². The Bertz CT molecular complexity index is 1200. The van der Waals surface area contributed by atoms with Gasteiger partial charge in [-0.25, -0.2) is 8.42 Å². The minimum absolute atomic E-state index is 0.0928. The molecular weight excluding hydrogens is 517 g/mol. The Morgan fingerprint density at radius 3 is 2.54 bits per heavy atom. The monoisotopic (exact) mass is 544 g/mol. The average Bonchev–Trinajstić information content (AvgIpc) is 2.82. The average molecular weight is 545 g/mol. The number of nitrogens with one attached hydrogen (secondary N) is 2. The fraction of sp³-hybridized carbons (Fsp3) is 0.417. The van der Waals surface area contributed by atoms with E-state index in [1.165, 1.54) is 30.3 Å². The third-order valence-corrected chi connectivity index (χ3v) is 6.97. The van der Waals surface area contributed by atoms with Gasteiger partial charge in [0.15, 0.2) is 0 Å². The van der Waals surface area contributed by atoms with Gasteiger partial charge < -0.3 is 24.3 Å². The van der Waals surface area contributed by atoms with Crippen LogP contribution in [0.4, 0.5) is 24.5 Å². The minimum atomic E-state index is -4.94. The van der Waals surface area contributed by atoms with Crippen molar-refractivity contribution in [2.24, 2.45) is 11.8 Å². The molecule has 2 aromatic carbocycles. The summed E-state index contributed by atoms with van der Waals surface area (Å²) < 4.78 is 80.3. The van der Waals surface area contributed by atoms with Gasteiger partial charge in [-0.15, -0.1) is 13.2 Å². The van der Waals surface area contributed by atoms with Crippen LogP contribution in [0.3, 0.4) is 0 Å². The number of halogens is 3. The van der Waals surface area contributed by atoms with Crippen molar-refractivity contribution in [3.8, 4) is 11.5 Å². The van der Waals surface area contributed by atoms with E-state index >= 15 is 0 Å². The lowest BCUT2D eigenvalue weighted by Crippen LogP contribution is -2.28. The second-order valence-corrected chi connectivity index (χ2v) is 9.95. The molecular formula is C24H27F3N2O7S. The van der Waals surface area contributed by atoms with E-state index < -0.39 is 34.0 Å². The number of hydrogen-bond donors (Lipinski definition) is 2. The number of carbonyl (C=O) groups is 2. The minimum Gasteiger partial charge on any atom is -0.492 e. The lowest BCUT2D eigenvalue weighted by Gasteiger charge is -2.24. The van der Waals surface area contributed by atoms with Gasteiger partial charge in [0.2, 0.25) is 5.91 Å². The molecule has 1 unspecified atom stereocenters. The highest BCUT2D eigenvalue weighted by atomic mass is 32.2. The van der Waals surface area contributed by atoms with Crippen molar-refractivity contribution in [1.29, 1.82) is 0 Å². The molecule has 1 fully saturated rings. The number of alkyl halides is 3. The Kier molecular flexibility index (Phi) is 9.38. The largest absolute Gasteiger partial charge is 0.573 e. The van der Waals surface area contributed by atoms with Crippen LogP contribution in [0.25, 0.3) is 0 Å². The maximum Gasteiger partial charge on any atom is 0.573 e. The van der Waals surface area contributed by atoms with Crippen LogP contribution in [-0.4, -0.2) is 46.8 Å². The fourth-order valence-electron chi connectivity index (χ4n) is 3.84. The Balaban J connectivity index is 1.77. The first-order valence-corrected chi connectivity index (χ1v) is 13.0. The van der Waals surface area contributed by atoms with Crippen molar-refractivity contribution in [2.45, 2.75) is 37.4 Å². The first-order valence-electron chi connectivity index (χ1n) is 11.5. The molecule has 0 bridgehead atoms. The first kappa shape index (κ1) is 28.3. The predicted octanol–water partition coefficient (Wildman–Crippen LogP) is 4.36. The predicted molar refractivity (Wildman–Crippen MR) is 128 cm³/mol. The third kappa shape index (κ3) is 8.35. The van der Waals surface area contributed by atoms with E-state index in [9.17, 15) is 31.2 Å². The number of sulfonamides is 1. The Labute approximate surface area is 212 Å². The molecule has 0 spiro atoms. The number of anilines is 2. The number of hydrogen-bond acceptors (Lipinski definition) is 7. The standard InChI is InChI=1S/C24H27F3N2O7S/c1-2-35-21-14-18(28-23(31)17(15-30)12-16-8-10-34-11-9-16)6-7-22(21)37(32,33)29-19-4-3-5-20(13-19)36-24(25,26)27/h3-7,13-17,29H,2,8-12H2,1H3,(H,28,31). The SMILES string of the molecule is CCOc1cc(NC(=O)C(C=O)CC2CCOCC2)ccc1S(=O)(=O)Nc1cccc(OC(F)(F)F)c1. The molecule has 1 aliphatic heterocycles. The third-order valence-electron chi connectivity index (χ3n) is 5.55. The molecule has 1 saturated heterocycles. The summed E-state index contributed by atoms with van der Waals surface area (Å²) in [6.07, 6.45) is -2.44. The van der Waals surface area contributed by atoms with E-state index in [1.54, 1.807) is 6.92 Å². The summed E-state index contributed by atoms with van der Waals surface area (Å²) in [5.74, 6) is -1.91. The zero-order valence-corrected chi connectivity index (χ0v) is 20.7.